The molecule has 0 atom stereocenters. The number of H-pyrrole nitrogens is 1. The molecule has 0 saturated carbocycles. The van der Waals surface area contributed by atoms with Crippen LogP contribution in [0, 0.1) is 0 Å². The number of aryl methyl sites for hydroxylation is 1. The lowest BCUT2D eigenvalue weighted by Gasteiger charge is -2.07. The first-order valence-electron chi connectivity index (χ1n) is 12.9. The minimum Gasteiger partial charge on any atom is -0.494 e. The summed E-state index contributed by atoms with van der Waals surface area (Å²) in [4.78, 5) is 7.07. The maximum Gasteiger partial charge on any atom is 0.534 e. The van der Waals surface area contributed by atoms with Crippen LogP contribution in [0.25, 0.3) is 6.08 Å². The molecular weight excluding hydrogens is 493 g/mol. The molecule has 2 heterocycles. The molecule has 10 heteroatoms. The van der Waals surface area contributed by atoms with Crippen LogP contribution in [0.4, 0.5) is 13.2 Å². The fraction of sp³-hybridized carbons (Fsp3) is 0.654. The fourth-order valence-corrected chi connectivity index (χ4v) is 4.44. The van der Waals surface area contributed by atoms with Crippen molar-refractivity contribution in [3.8, 4) is 0 Å². The van der Waals surface area contributed by atoms with Gasteiger partial charge in [-0.05, 0) is 31.1 Å². The van der Waals surface area contributed by atoms with E-state index >= 15 is 0 Å². The zero-order valence-electron chi connectivity index (χ0n) is 21.3. The van der Waals surface area contributed by atoms with E-state index in [1.165, 1.54) is 84.2 Å². The lowest BCUT2D eigenvalue weighted by molar-refractivity contribution is -0.0504. The second kappa shape index (κ2) is 15.1. The zero-order chi connectivity index (χ0) is 26.4. The van der Waals surface area contributed by atoms with Gasteiger partial charge < -0.3 is 13.9 Å². The highest BCUT2D eigenvalue weighted by molar-refractivity contribution is 7.88. The lowest BCUT2D eigenvalue weighted by atomic mass is 10.0. The van der Waals surface area contributed by atoms with Crippen LogP contribution in [0.5, 0.6) is 0 Å². The molecule has 0 amide bonds. The molecule has 1 aliphatic rings. The average Bonchev–Trinajstić information content (AvgIpc) is 3.42. The van der Waals surface area contributed by atoms with Gasteiger partial charge in [-0.3, -0.25) is 0 Å². The van der Waals surface area contributed by atoms with Gasteiger partial charge >= 0.3 is 15.6 Å². The Hall–Kier alpha value is -2.23. The van der Waals surface area contributed by atoms with E-state index in [1.54, 1.807) is 6.08 Å². The van der Waals surface area contributed by atoms with Crippen LogP contribution in [0.15, 0.2) is 34.7 Å². The average molecular weight is 533 g/mol. The summed E-state index contributed by atoms with van der Waals surface area (Å²) >= 11 is 0. The molecule has 0 fully saturated rings. The molecule has 0 spiro atoms. The minimum absolute atomic E-state index is 0.106. The first kappa shape index (κ1) is 30.0. The highest BCUT2D eigenvalue weighted by Crippen LogP contribution is 2.28. The third kappa shape index (κ3) is 10.4. The van der Waals surface area contributed by atoms with Crippen molar-refractivity contribution in [2.24, 2.45) is 4.99 Å². The Morgan fingerprint density at radius 1 is 0.917 bits per heavy atom. The molecule has 6 nitrogen and oxygen atoms in total. The first-order valence-corrected chi connectivity index (χ1v) is 14.3. The summed E-state index contributed by atoms with van der Waals surface area (Å²) in [6.07, 6.45) is 20.4. The number of aliphatic imine (C=N–C) groups is 1. The number of ether oxygens (including phenoxy) is 1. The number of unbranched alkanes of at least 4 members (excludes halogenated alkanes) is 12. The number of rotatable bonds is 17. The summed E-state index contributed by atoms with van der Waals surface area (Å²) in [6, 6.07) is 3.78. The third-order valence-electron chi connectivity index (χ3n) is 6.05. The quantitative estimate of drug-likeness (QED) is 0.126. The van der Waals surface area contributed by atoms with E-state index in [4.69, 9.17) is 4.74 Å². The fourth-order valence-electron chi connectivity index (χ4n) is 4.03. The van der Waals surface area contributed by atoms with E-state index < -0.39 is 21.5 Å². The second-order valence-electron chi connectivity index (χ2n) is 9.11. The monoisotopic (exact) mass is 532 g/mol. The van der Waals surface area contributed by atoms with Crippen molar-refractivity contribution in [3.05, 3.63) is 41.1 Å². The molecule has 1 N–H and O–H groups in total. The van der Waals surface area contributed by atoms with E-state index in [9.17, 15) is 21.6 Å². The normalized spacial score (nSPS) is 15.3. The smallest absolute Gasteiger partial charge is 0.494 e. The van der Waals surface area contributed by atoms with Crippen LogP contribution in [-0.4, -0.2) is 31.9 Å². The number of nitrogens with zero attached hydrogens (tertiary/aromatic N) is 1. The molecule has 2 rings (SSSR count). The van der Waals surface area contributed by atoms with Crippen LogP contribution in [-0.2, 0) is 25.5 Å². The summed E-state index contributed by atoms with van der Waals surface area (Å²) in [5.74, 6) is -0.593. The van der Waals surface area contributed by atoms with Crippen molar-refractivity contribution in [1.82, 2.24) is 4.98 Å². The van der Waals surface area contributed by atoms with Crippen LogP contribution in [0.1, 0.15) is 102 Å². The molecule has 1 aromatic heterocycles. The van der Waals surface area contributed by atoms with Gasteiger partial charge in [0.05, 0.1) is 7.11 Å². The van der Waals surface area contributed by atoms with Gasteiger partial charge in [0.1, 0.15) is 11.5 Å². The molecule has 0 aromatic carbocycles. The van der Waals surface area contributed by atoms with Crippen molar-refractivity contribution >= 4 is 22.1 Å². The molecular formula is C26H39F3N2O4S. The summed E-state index contributed by atoms with van der Waals surface area (Å²) in [5, 5.41) is 0. The number of aromatic nitrogens is 1. The van der Waals surface area contributed by atoms with Crippen LogP contribution in [0.2, 0.25) is 0 Å². The number of methoxy groups -OCH3 is 1. The van der Waals surface area contributed by atoms with E-state index in [-0.39, 0.29) is 11.5 Å². The molecule has 0 aliphatic carbocycles. The standard InChI is InChI=1S/C26H39F3N2O4S/c1-3-4-5-6-7-8-9-10-11-12-13-14-15-16-21-17-18-22(30-21)19-23-24(34-2)20-25(31-23)35-36(32,33)26(27,28)29/h17-20,30H,3-16H2,1-2H3/b23-19-. The third-order valence-corrected chi connectivity index (χ3v) is 7.00. The lowest BCUT2D eigenvalue weighted by Crippen LogP contribution is -2.27. The number of aromatic amines is 1. The zero-order valence-corrected chi connectivity index (χ0v) is 22.1. The Morgan fingerprint density at radius 3 is 2.00 bits per heavy atom. The molecule has 0 saturated heterocycles. The van der Waals surface area contributed by atoms with Crippen molar-refractivity contribution < 1.29 is 30.5 Å². The van der Waals surface area contributed by atoms with Gasteiger partial charge in [-0.1, -0.05) is 84.0 Å². The van der Waals surface area contributed by atoms with Crippen LogP contribution < -0.4 is 0 Å². The maximum atomic E-state index is 12.6. The van der Waals surface area contributed by atoms with Gasteiger partial charge in [-0.25, -0.2) is 4.99 Å². The van der Waals surface area contributed by atoms with Crippen molar-refractivity contribution in [1.29, 1.82) is 0 Å². The van der Waals surface area contributed by atoms with Gasteiger partial charge in [-0.2, -0.15) is 21.6 Å². The topological polar surface area (TPSA) is 80.8 Å². The predicted molar refractivity (Wildman–Crippen MR) is 137 cm³/mol. The summed E-state index contributed by atoms with van der Waals surface area (Å²) in [7, 11) is -4.49. The van der Waals surface area contributed by atoms with E-state index in [0.29, 0.717) is 5.69 Å². The molecule has 0 radical (unpaired) electrons. The molecule has 0 bridgehead atoms. The van der Waals surface area contributed by atoms with E-state index in [2.05, 4.69) is 21.1 Å². The van der Waals surface area contributed by atoms with Crippen LogP contribution in [0.3, 0.4) is 0 Å². The van der Waals surface area contributed by atoms with Gasteiger partial charge in [-0.15, -0.1) is 0 Å². The van der Waals surface area contributed by atoms with Crippen molar-refractivity contribution in [3.63, 3.8) is 0 Å². The summed E-state index contributed by atoms with van der Waals surface area (Å²) in [5.41, 5.74) is -3.64. The molecule has 1 aromatic rings. The number of hydrogen-bond donors (Lipinski definition) is 1. The Morgan fingerprint density at radius 2 is 1.47 bits per heavy atom. The van der Waals surface area contributed by atoms with Crippen molar-refractivity contribution in [2.75, 3.05) is 7.11 Å². The van der Waals surface area contributed by atoms with Gasteiger partial charge in [0.25, 0.3) is 0 Å². The summed E-state index contributed by atoms with van der Waals surface area (Å²) < 4.78 is 69.3. The highest BCUT2D eigenvalue weighted by Gasteiger charge is 2.49. The molecule has 0 unspecified atom stereocenters. The number of alkyl halides is 3. The molecule has 204 valence electrons. The first-order chi connectivity index (χ1) is 17.2. The predicted octanol–water partition coefficient (Wildman–Crippen LogP) is 7.80. The van der Waals surface area contributed by atoms with Crippen LogP contribution >= 0.6 is 0 Å². The second-order valence-corrected chi connectivity index (χ2v) is 10.6. The molecule has 1 aliphatic heterocycles. The van der Waals surface area contributed by atoms with E-state index in [1.807, 2.05) is 12.1 Å². The van der Waals surface area contributed by atoms with Crippen molar-refractivity contribution in [2.45, 2.75) is 102 Å². The Bertz CT molecular complexity index is 995. The Balaban J connectivity index is 1.69. The largest absolute Gasteiger partial charge is 0.534 e. The van der Waals surface area contributed by atoms with Gasteiger partial charge in [0.2, 0.25) is 5.90 Å². The minimum atomic E-state index is -5.80. The Labute approximate surface area is 213 Å². The van der Waals surface area contributed by atoms with Gasteiger partial charge in [0, 0.05) is 17.5 Å². The number of halogens is 3. The molecule has 36 heavy (non-hydrogen) atoms. The van der Waals surface area contributed by atoms with E-state index in [0.717, 1.165) is 24.6 Å². The maximum absolute atomic E-state index is 12.6. The van der Waals surface area contributed by atoms with Gasteiger partial charge in [0.15, 0.2) is 0 Å². The number of nitrogens with one attached hydrogen (secondary N) is 1. The summed E-state index contributed by atoms with van der Waals surface area (Å²) in [6.45, 7) is 2.25. The SMILES string of the molecule is CCCCCCCCCCCCCCCc1ccc(/C=C2\N=C(OS(=O)(=O)C(F)(F)F)C=C2OC)[nH]1. The Kier molecular flexibility index (Phi) is 12.6. The number of hydrogen-bond acceptors (Lipinski definition) is 5. The highest BCUT2D eigenvalue weighted by atomic mass is 32.2.